The molecule has 128 valence electrons. The molecule has 0 radical (unpaired) electrons. The van der Waals surface area contributed by atoms with Gasteiger partial charge in [-0.25, -0.2) is 0 Å². The molecule has 0 unspecified atom stereocenters. The zero-order valence-electron chi connectivity index (χ0n) is 14.1. The van der Waals surface area contributed by atoms with Crippen molar-refractivity contribution in [2.24, 2.45) is 0 Å². The van der Waals surface area contributed by atoms with E-state index in [4.69, 9.17) is 0 Å². The topological polar surface area (TPSA) is 38.1 Å². The second-order valence-electron chi connectivity index (χ2n) is 5.74. The first-order valence-electron chi connectivity index (χ1n) is 7.72. The quantitative estimate of drug-likeness (QED) is 0.751. The Balaban J connectivity index is 2.40. The molecule has 6 heteroatoms. The molecule has 0 aliphatic heterocycles. The Morgan fingerprint density at radius 2 is 1.96 bits per heavy atom. The number of aromatic nitrogens is 2. The van der Waals surface area contributed by atoms with Gasteiger partial charge in [0.05, 0.1) is 5.69 Å². The number of allylic oxidation sites excluding steroid dienone is 1. The summed E-state index contributed by atoms with van der Waals surface area (Å²) in [4.78, 5) is 13.4. The highest BCUT2D eigenvalue weighted by Gasteiger charge is 2.32. The van der Waals surface area contributed by atoms with E-state index < -0.39 is 5.92 Å². The lowest BCUT2D eigenvalue weighted by atomic mass is 10.1. The second-order valence-corrected chi connectivity index (χ2v) is 5.74. The molecule has 1 aromatic carbocycles. The van der Waals surface area contributed by atoms with Crippen molar-refractivity contribution in [3.05, 3.63) is 54.2 Å². The fourth-order valence-electron chi connectivity index (χ4n) is 2.35. The Kier molecular flexibility index (Phi) is 5.17. The van der Waals surface area contributed by atoms with Crippen LogP contribution in [0, 0.1) is 0 Å². The summed E-state index contributed by atoms with van der Waals surface area (Å²) in [5, 5.41) is 4.29. The van der Waals surface area contributed by atoms with E-state index in [-0.39, 0.29) is 11.6 Å². The van der Waals surface area contributed by atoms with Crippen molar-refractivity contribution in [1.82, 2.24) is 14.7 Å². The molecular formula is C18H21F2N3O. The fraction of sp³-hybridized carbons (Fsp3) is 0.333. The number of hydrogen-bond donors (Lipinski definition) is 0. The number of alkyl halides is 2. The van der Waals surface area contributed by atoms with E-state index in [9.17, 15) is 13.6 Å². The minimum absolute atomic E-state index is 0.114. The fourth-order valence-corrected chi connectivity index (χ4v) is 2.35. The standard InChI is InChI=1S/C18H21F2N3O/c1-5-11-23-16(18(19,20)6-2)12-15(21-23)13-7-9-14(10-8-13)17(24)22(3)4/h6-10,12H,2,5,11H2,1,3-4H3. The Morgan fingerprint density at radius 1 is 1.33 bits per heavy atom. The zero-order chi connectivity index (χ0) is 17.9. The van der Waals surface area contributed by atoms with Crippen LogP contribution >= 0.6 is 0 Å². The molecule has 2 aromatic rings. The maximum Gasteiger partial charge on any atom is 0.307 e. The van der Waals surface area contributed by atoms with Gasteiger partial charge in [0, 0.05) is 31.8 Å². The minimum Gasteiger partial charge on any atom is -0.345 e. The average Bonchev–Trinajstić information content (AvgIpc) is 2.99. The first kappa shape index (κ1) is 17.8. The highest BCUT2D eigenvalue weighted by atomic mass is 19.3. The summed E-state index contributed by atoms with van der Waals surface area (Å²) < 4.78 is 29.4. The molecule has 24 heavy (non-hydrogen) atoms. The number of carbonyl (C=O) groups is 1. The third-order valence-corrected chi connectivity index (χ3v) is 3.65. The van der Waals surface area contributed by atoms with Crippen molar-refractivity contribution in [3.63, 3.8) is 0 Å². The molecule has 0 atom stereocenters. The van der Waals surface area contributed by atoms with Crippen LogP contribution in [-0.2, 0) is 12.5 Å². The van der Waals surface area contributed by atoms with Crippen LogP contribution in [0.2, 0.25) is 0 Å². The number of halogens is 2. The molecule has 1 heterocycles. The molecule has 0 saturated carbocycles. The van der Waals surface area contributed by atoms with Gasteiger partial charge < -0.3 is 4.90 Å². The number of aryl methyl sites for hydroxylation is 1. The number of rotatable bonds is 6. The monoisotopic (exact) mass is 333 g/mol. The molecular weight excluding hydrogens is 312 g/mol. The van der Waals surface area contributed by atoms with Crippen LogP contribution in [-0.4, -0.2) is 34.7 Å². The summed E-state index contributed by atoms with van der Waals surface area (Å²) >= 11 is 0. The summed E-state index contributed by atoms with van der Waals surface area (Å²) in [6.45, 7) is 5.51. The van der Waals surface area contributed by atoms with Gasteiger partial charge in [-0.05, 0) is 30.7 Å². The van der Waals surface area contributed by atoms with Crippen LogP contribution in [0.4, 0.5) is 8.78 Å². The predicted octanol–water partition coefficient (Wildman–Crippen LogP) is 3.94. The molecule has 1 amide bonds. The third kappa shape index (κ3) is 3.53. The van der Waals surface area contributed by atoms with Gasteiger partial charge in [0.15, 0.2) is 0 Å². The van der Waals surface area contributed by atoms with Gasteiger partial charge in [-0.2, -0.15) is 13.9 Å². The number of nitrogens with zero attached hydrogens (tertiary/aromatic N) is 3. The van der Waals surface area contributed by atoms with Crippen molar-refractivity contribution in [2.45, 2.75) is 25.8 Å². The van der Waals surface area contributed by atoms with E-state index in [1.165, 1.54) is 15.6 Å². The molecule has 0 fully saturated rings. The van der Waals surface area contributed by atoms with Crippen LogP contribution < -0.4 is 0 Å². The highest BCUT2D eigenvalue weighted by molar-refractivity contribution is 5.94. The Bertz CT molecular complexity index is 733. The Hall–Kier alpha value is -2.50. The molecule has 0 aliphatic carbocycles. The van der Waals surface area contributed by atoms with Crippen LogP contribution in [0.5, 0.6) is 0 Å². The number of amides is 1. The molecule has 0 spiro atoms. The molecule has 0 bridgehead atoms. The maximum atomic E-state index is 14.0. The normalized spacial score (nSPS) is 11.4. The summed E-state index contributed by atoms with van der Waals surface area (Å²) in [6.07, 6.45) is 1.32. The largest absolute Gasteiger partial charge is 0.345 e. The lowest BCUT2D eigenvalue weighted by Gasteiger charge is -2.12. The van der Waals surface area contributed by atoms with Crippen molar-refractivity contribution in [1.29, 1.82) is 0 Å². The van der Waals surface area contributed by atoms with Gasteiger partial charge in [0.2, 0.25) is 0 Å². The lowest BCUT2D eigenvalue weighted by molar-refractivity contribution is 0.0420. The van der Waals surface area contributed by atoms with Crippen LogP contribution in [0.15, 0.2) is 43.0 Å². The summed E-state index contributed by atoms with van der Waals surface area (Å²) in [7, 11) is 3.35. The van der Waals surface area contributed by atoms with Gasteiger partial charge in [0.1, 0.15) is 5.69 Å². The molecule has 0 aliphatic rings. The van der Waals surface area contributed by atoms with Gasteiger partial charge >= 0.3 is 5.92 Å². The van der Waals surface area contributed by atoms with Crippen molar-refractivity contribution < 1.29 is 13.6 Å². The molecule has 0 saturated heterocycles. The number of benzene rings is 1. The summed E-state index contributed by atoms with van der Waals surface area (Å²) in [6, 6.07) is 8.14. The third-order valence-electron chi connectivity index (χ3n) is 3.65. The van der Waals surface area contributed by atoms with Gasteiger partial charge in [-0.3, -0.25) is 9.48 Å². The molecule has 2 rings (SSSR count). The van der Waals surface area contributed by atoms with E-state index in [1.54, 1.807) is 38.4 Å². The highest BCUT2D eigenvalue weighted by Crippen LogP contribution is 2.32. The minimum atomic E-state index is -3.14. The van der Waals surface area contributed by atoms with E-state index in [0.717, 1.165) is 0 Å². The summed E-state index contributed by atoms with van der Waals surface area (Å²) in [5.41, 5.74) is 1.49. The van der Waals surface area contributed by atoms with Gasteiger partial charge in [0.25, 0.3) is 5.91 Å². The van der Waals surface area contributed by atoms with Crippen molar-refractivity contribution in [3.8, 4) is 11.3 Å². The first-order chi connectivity index (χ1) is 11.3. The molecule has 1 aromatic heterocycles. The second kappa shape index (κ2) is 6.95. The van der Waals surface area contributed by atoms with Gasteiger partial charge in [-0.1, -0.05) is 25.6 Å². The smallest absolute Gasteiger partial charge is 0.307 e. The molecule has 0 N–H and O–H groups in total. The Labute approximate surface area is 140 Å². The van der Waals surface area contributed by atoms with Crippen LogP contribution in [0.25, 0.3) is 11.3 Å². The lowest BCUT2D eigenvalue weighted by Crippen LogP contribution is -2.21. The first-order valence-corrected chi connectivity index (χ1v) is 7.72. The van der Waals surface area contributed by atoms with Crippen LogP contribution in [0.3, 0.4) is 0 Å². The molecule has 4 nitrogen and oxygen atoms in total. The van der Waals surface area contributed by atoms with Gasteiger partial charge in [-0.15, -0.1) is 0 Å². The SMILES string of the molecule is C=CC(F)(F)c1cc(-c2ccc(C(=O)N(C)C)cc2)nn1CCC. The zero-order valence-corrected chi connectivity index (χ0v) is 14.1. The average molecular weight is 333 g/mol. The van der Waals surface area contributed by atoms with E-state index in [0.29, 0.717) is 35.9 Å². The van der Waals surface area contributed by atoms with E-state index in [1.807, 2.05) is 6.92 Å². The van der Waals surface area contributed by atoms with E-state index >= 15 is 0 Å². The summed E-state index contributed by atoms with van der Waals surface area (Å²) in [5.74, 6) is -3.25. The Morgan fingerprint density at radius 3 is 2.46 bits per heavy atom. The maximum absolute atomic E-state index is 14.0. The number of hydrogen-bond acceptors (Lipinski definition) is 2. The van der Waals surface area contributed by atoms with Crippen LogP contribution in [0.1, 0.15) is 29.4 Å². The van der Waals surface area contributed by atoms with Crippen molar-refractivity contribution >= 4 is 5.91 Å². The predicted molar refractivity (Wildman–Crippen MR) is 90.1 cm³/mol. The number of carbonyl (C=O) groups excluding carboxylic acids is 1. The van der Waals surface area contributed by atoms with Crippen molar-refractivity contribution in [2.75, 3.05) is 14.1 Å². The van der Waals surface area contributed by atoms with E-state index in [2.05, 4.69) is 11.7 Å².